The van der Waals surface area contributed by atoms with Crippen LogP contribution < -0.4 is 0 Å². The molecule has 61 heavy (non-hydrogen) atoms. The van der Waals surface area contributed by atoms with Gasteiger partial charge in [-0.05, 0) is 51.4 Å². The first-order valence-corrected chi connectivity index (χ1v) is 26.8. The van der Waals surface area contributed by atoms with Crippen molar-refractivity contribution in [2.24, 2.45) is 0 Å². The van der Waals surface area contributed by atoms with Gasteiger partial charge in [0.05, 0.1) is 0 Å². The van der Waals surface area contributed by atoms with Crippen molar-refractivity contribution in [2.45, 2.75) is 297 Å². The highest BCUT2D eigenvalue weighted by Gasteiger charge is 2.19. The van der Waals surface area contributed by atoms with Gasteiger partial charge in [-0.3, -0.25) is 14.4 Å². The molecule has 0 spiro atoms. The predicted octanol–water partition coefficient (Wildman–Crippen LogP) is 17.5. The third kappa shape index (κ3) is 48.8. The first-order valence-electron chi connectivity index (χ1n) is 26.8. The van der Waals surface area contributed by atoms with Crippen LogP contribution in [0.15, 0.2) is 24.3 Å². The highest BCUT2D eigenvalue weighted by atomic mass is 16.6. The molecule has 0 N–H and O–H groups in total. The van der Waals surface area contributed by atoms with E-state index in [0.717, 1.165) is 77.0 Å². The Kier molecular flexibility index (Phi) is 48.8. The zero-order valence-electron chi connectivity index (χ0n) is 40.9. The number of carbonyl (C=O) groups excluding carboxylic acids is 3. The average Bonchev–Trinajstić information content (AvgIpc) is 3.26. The molecule has 0 fully saturated rings. The molecular formula is C55H102O6. The Morgan fingerprint density at radius 3 is 0.934 bits per heavy atom. The summed E-state index contributed by atoms with van der Waals surface area (Å²) in [6, 6.07) is 0. The van der Waals surface area contributed by atoms with Crippen LogP contribution in [0.1, 0.15) is 290 Å². The maximum atomic E-state index is 12.8. The maximum absolute atomic E-state index is 12.8. The summed E-state index contributed by atoms with van der Waals surface area (Å²) in [5.41, 5.74) is 0. The van der Waals surface area contributed by atoms with Gasteiger partial charge in [-0.25, -0.2) is 0 Å². The summed E-state index contributed by atoms with van der Waals surface area (Å²) in [5.74, 6) is -0.870. The van der Waals surface area contributed by atoms with Crippen molar-refractivity contribution in [3.63, 3.8) is 0 Å². The van der Waals surface area contributed by atoms with E-state index in [4.69, 9.17) is 14.2 Å². The number of hydrogen-bond donors (Lipinski definition) is 0. The number of ether oxygens (including phenoxy) is 3. The molecule has 0 saturated heterocycles. The lowest BCUT2D eigenvalue weighted by Gasteiger charge is -2.18. The molecular weight excluding hydrogens is 757 g/mol. The molecule has 0 aromatic carbocycles. The van der Waals surface area contributed by atoms with Crippen molar-refractivity contribution in [3.05, 3.63) is 24.3 Å². The molecule has 0 aliphatic heterocycles. The minimum Gasteiger partial charge on any atom is -0.462 e. The first kappa shape index (κ1) is 58.9. The van der Waals surface area contributed by atoms with E-state index in [2.05, 4.69) is 45.1 Å². The van der Waals surface area contributed by atoms with E-state index >= 15 is 0 Å². The topological polar surface area (TPSA) is 78.9 Å². The summed E-state index contributed by atoms with van der Waals surface area (Å²) in [6.07, 6.45) is 57.3. The number of rotatable bonds is 49. The standard InChI is InChI=1S/C55H102O6/c1-4-7-10-13-16-19-22-24-26-27-29-31-34-36-39-42-45-48-54(57)60-51-52(61-55(58)49-46-43-40-37-32-21-18-15-12-9-6-3)50-59-53(56)47-44-41-38-35-33-30-28-25-23-20-17-14-11-8-5-2/h17,20,25,28,52H,4-16,18-19,21-24,26-27,29-51H2,1-3H3/b20-17-,28-25-/t52-/m1/s1. The average molecular weight is 859 g/mol. The Morgan fingerprint density at radius 1 is 0.328 bits per heavy atom. The van der Waals surface area contributed by atoms with E-state index in [9.17, 15) is 14.4 Å². The van der Waals surface area contributed by atoms with Gasteiger partial charge in [0.15, 0.2) is 6.10 Å². The summed E-state index contributed by atoms with van der Waals surface area (Å²) in [6.45, 7) is 6.63. The number of hydrogen-bond acceptors (Lipinski definition) is 6. The van der Waals surface area contributed by atoms with E-state index in [-0.39, 0.29) is 31.1 Å². The summed E-state index contributed by atoms with van der Waals surface area (Å²) in [4.78, 5) is 38.0. The second-order valence-corrected chi connectivity index (χ2v) is 18.2. The normalized spacial score (nSPS) is 12.1. The van der Waals surface area contributed by atoms with Crippen molar-refractivity contribution in [2.75, 3.05) is 13.2 Å². The molecule has 0 aromatic heterocycles. The van der Waals surface area contributed by atoms with Crippen molar-refractivity contribution in [3.8, 4) is 0 Å². The fraction of sp³-hybridized carbons (Fsp3) is 0.873. The fourth-order valence-corrected chi connectivity index (χ4v) is 7.89. The zero-order chi connectivity index (χ0) is 44.4. The van der Waals surface area contributed by atoms with Crippen LogP contribution in [0.5, 0.6) is 0 Å². The predicted molar refractivity (Wildman–Crippen MR) is 261 cm³/mol. The van der Waals surface area contributed by atoms with Crippen LogP contribution >= 0.6 is 0 Å². The number of carbonyl (C=O) groups is 3. The third-order valence-electron chi connectivity index (χ3n) is 12.0. The SMILES string of the molecule is CCCCC/C=C\C/C=C\CCCCCCCC(=O)OC[C@H](COC(=O)CCCCCCCCCCCCCCCCCCC)OC(=O)CCCCCCCCCCCCC. The minimum absolute atomic E-state index is 0.0707. The van der Waals surface area contributed by atoms with Crippen LogP contribution in [0, 0.1) is 0 Å². The van der Waals surface area contributed by atoms with E-state index in [1.54, 1.807) is 0 Å². The molecule has 6 heteroatoms. The number of esters is 3. The lowest BCUT2D eigenvalue weighted by atomic mass is 10.0. The van der Waals surface area contributed by atoms with Crippen molar-refractivity contribution in [1.82, 2.24) is 0 Å². The van der Waals surface area contributed by atoms with Gasteiger partial charge in [-0.15, -0.1) is 0 Å². The van der Waals surface area contributed by atoms with E-state index in [1.165, 1.54) is 173 Å². The van der Waals surface area contributed by atoms with Crippen LogP contribution in [0.3, 0.4) is 0 Å². The largest absolute Gasteiger partial charge is 0.462 e. The van der Waals surface area contributed by atoms with Gasteiger partial charge in [-0.2, -0.15) is 0 Å². The van der Waals surface area contributed by atoms with Gasteiger partial charge in [0.1, 0.15) is 13.2 Å². The summed E-state index contributed by atoms with van der Waals surface area (Å²) in [5, 5.41) is 0. The van der Waals surface area contributed by atoms with Gasteiger partial charge in [0.2, 0.25) is 0 Å². The summed E-state index contributed by atoms with van der Waals surface area (Å²) in [7, 11) is 0. The highest BCUT2D eigenvalue weighted by Crippen LogP contribution is 2.16. The monoisotopic (exact) mass is 859 g/mol. The van der Waals surface area contributed by atoms with Gasteiger partial charge >= 0.3 is 17.9 Å². The number of unbranched alkanes of at least 4 members (excludes halogenated alkanes) is 34. The third-order valence-corrected chi connectivity index (χ3v) is 12.0. The first-order chi connectivity index (χ1) is 30.0. The van der Waals surface area contributed by atoms with Crippen LogP contribution in [0.25, 0.3) is 0 Å². The highest BCUT2D eigenvalue weighted by molar-refractivity contribution is 5.71. The van der Waals surface area contributed by atoms with Crippen molar-refractivity contribution >= 4 is 17.9 Å². The maximum Gasteiger partial charge on any atom is 0.306 e. The molecule has 0 unspecified atom stereocenters. The molecule has 0 aliphatic rings. The van der Waals surface area contributed by atoms with Crippen LogP contribution in [-0.4, -0.2) is 37.2 Å². The molecule has 1 atom stereocenters. The molecule has 0 aromatic rings. The Labute approximate surface area is 379 Å². The molecule has 0 rings (SSSR count). The molecule has 0 amide bonds. The lowest BCUT2D eigenvalue weighted by molar-refractivity contribution is -0.167. The molecule has 6 nitrogen and oxygen atoms in total. The number of allylic oxidation sites excluding steroid dienone is 4. The van der Waals surface area contributed by atoms with E-state index in [0.29, 0.717) is 19.3 Å². The summed E-state index contributed by atoms with van der Waals surface area (Å²) >= 11 is 0. The summed E-state index contributed by atoms with van der Waals surface area (Å²) < 4.78 is 16.8. The van der Waals surface area contributed by atoms with Gasteiger partial charge < -0.3 is 14.2 Å². The van der Waals surface area contributed by atoms with Crippen LogP contribution in [-0.2, 0) is 28.6 Å². The van der Waals surface area contributed by atoms with E-state index < -0.39 is 6.10 Å². The molecule has 0 saturated carbocycles. The molecule has 0 heterocycles. The Hall–Kier alpha value is -2.11. The van der Waals surface area contributed by atoms with Crippen LogP contribution in [0.4, 0.5) is 0 Å². The molecule has 0 radical (unpaired) electrons. The fourth-order valence-electron chi connectivity index (χ4n) is 7.89. The smallest absolute Gasteiger partial charge is 0.306 e. The van der Waals surface area contributed by atoms with Crippen molar-refractivity contribution in [1.29, 1.82) is 0 Å². The van der Waals surface area contributed by atoms with Gasteiger partial charge in [0.25, 0.3) is 0 Å². The minimum atomic E-state index is -0.770. The van der Waals surface area contributed by atoms with E-state index in [1.807, 2.05) is 0 Å². The Morgan fingerprint density at radius 2 is 0.590 bits per heavy atom. The zero-order valence-corrected chi connectivity index (χ0v) is 40.9. The van der Waals surface area contributed by atoms with Gasteiger partial charge in [-0.1, -0.05) is 244 Å². The lowest BCUT2D eigenvalue weighted by Crippen LogP contribution is -2.30. The second-order valence-electron chi connectivity index (χ2n) is 18.2. The second kappa shape index (κ2) is 50.5. The van der Waals surface area contributed by atoms with Crippen LogP contribution in [0.2, 0.25) is 0 Å². The Balaban J connectivity index is 4.31. The quantitative estimate of drug-likeness (QED) is 0.0262. The molecule has 0 aliphatic carbocycles. The van der Waals surface area contributed by atoms with Gasteiger partial charge in [0, 0.05) is 19.3 Å². The molecule has 358 valence electrons. The molecule has 0 bridgehead atoms. The van der Waals surface area contributed by atoms with Crippen molar-refractivity contribution < 1.29 is 28.6 Å². The Bertz CT molecular complexity index is 989.